The third kappa shape index (κ3) is 5.75. The maximum atomic E-state index is 12.3. The highest BCUT2D eigenvalue weighted by Gasteiger charge is 2.12. The quantitative estimate of drug-likeness (QED) is 0.420. The Hall–Kier alpha value is -3.51. The van der Waals surface area contributed by atoms with Gasteiger partial charge in [-0.1, -0.05) is 23.7 Å². The standard InChI is InChI=1S/C23H21ClN2O4/c1-28-20-11-12-21(22(13-20)29-2)23(27)26-25-14-16-5-9-19(10-6-16)30-15-17-3-7-18(24)8-4-17/h3-14H,15H2,1-2H3,(H,26,27)/b25-14-. The number of nitrogens with one attached hydrogen (secondary N) is 1. The minimum atomic E-state index is -0.381. The fraction of sp³-hybridized carbons (Fsp3) is 0.130. The van der Waals surface area contributed by atoms with Gasteiger partial charge in [0, 0.05) is 11.1 Å². The van der Waals surface area contributed by atoms with Crippen LogP contribution in [0, 0.1) is 0 Å². The number of hydrogen-bond donors (Lipinski definition) is 1. The van der Waals surface area contributed by atoms with Crippen molar-refractivity contribution in [2.75, 3.05) is 14.2 Å². The molecular weight excluding hydrogens is 404 g/mol. The highest BCUT2D eigenvalue weighted by Crippen LogP contribution is 2.24. The zero-order chi connectivity index (χ0) is 21.3. The molecule has 0 aliphatic rings. The summed E-state index contributed by atoms with van der Waals surface area (Å²) in [6.45, 7) is 0.449. The van der Waals surface area contributed by atoms with Gasteiger partial charge in [-0.15, -0.1) is 0 Å². The maximum Gasteiger partial charge on any atom is 0.275 e. The van der Waals surface area contributed by atoms with Crippen LogP contribution in [0.5, 0.6) is 17.2 Å². The summed E-state index contributed by atoms with van der Waals surface area (Å²) in [5.41, 5.74) is 4.70. The molecule has 0 saturated heterocycles. The van der Waals surface area contributed by atoms with E-state index in [1.165, 1.54) is 7.11 Å². The Morgan fingerprint density at radius 3 is 2.33 bits per heavy atom. The highest BCUT2D eigenvalue weighted by atomic mass is 35.5. The van der Waals surface area contributed by atoms with E-state index in [2.05, 4.69) is 10.5 Å². The van der Waals surface area contributed by atoms with Crippen LogP contribution < -0.4 is 19.6 Å². The summed E-state index contributed by atoms with van der Waals surface area (Å²) in [7, 11) is 3.04. The van der Waals surface area contributed by atoms with E-state index in [1.807, 2.05) is 48.5 Å². The van der Waals surface area contributed by atoms with Crippen LogP contribution in [0.2, 0.25) is 5.02 Å². The lowest BCUT2D eigenvalue weighted by Gasteiger charge is -2.09. The average Bonchev–Trinajstić information content (AvgIpc) is 2.79. The smallest absolute Gasteiger partial charge is 0.275 e. The van der Waals surface area contributed by atoms with Crippen LogP contribution >= 0.6 is 11.6 Å². The fourth-order valence-electron chi connectivity index (χ4n) is 2.61. The summed E-state index contributed by atoms with van der Waals surface area (Å²) in [6, 6.07) is 19.8. The number of hydrogen-bond acceptors (Lipinski definition) is 5. The van der Waals surface area contributed by atoms with Crippen LogP contribution in [0.15, 0.2) is 71.8 Å². The predicted octanol–water partition coefficient (Wildman–Crippen LogP) is 4.70. The molecule has 0 fully saturated rings. The van der Waals surface area contributed by atoms with Crippen molar-refractivity contribution in [2.24, 2.45) is 5.10 Å². The Morgan fingerprint density at radius 2 is 1.67 bits per heavy atom. The second kappa shape index (κ2) is 10.3. The number of nitrogens with zero attached hydrogens (tertiary/aromatic N) is 1. The van der Waals surface area contributed by atoms with Crippen molar-refractivity contribution in [3.05, 3.63) is 88.4 Å². The van der Waals surface area contributed by atoms with E-state index in [-0.39, 0.29) is 5.91 Å². The lowest BCUT2D eigenvalue weighted by atomic mass is 10.2. The molecule has 0 aliphatic carbocycles. The van der Waals surface area contributed by atoms with Gasteiger partial charge >= 0.3 is 0 Å². The molecule has 3 rings (SSSR count). The largest absolute Gasteiger partial charge is 0.497 e. The Kier molecular flexibility index (Phi) is 7.29. The van der Waals surface area contributed by atoms with Crippen molar-refractivity contribution in [3.63, 3.8) is 0 Å². The molecule has 0 aromatic heterocycles. The SMILES string of the molecule is COc1ccc(C(=O)N/N=C\c2ccc(OCc3ccc(Cl)cc3)cc2)c(OC)c1. The summed E-state index contributed by atoms with van der Waals surface area (Å²) in [5, 5.41) is 4.70. The summed E-state index contributed by atoms with van der Waals surface area (Å²) in [4.78, 5) is 12.3. The molecule has 1 N–H and O–H groups in total. The molecule has 0 saturated carbocycles. The average molecular weight is 425 g/mol. The van der Waals surface area contributed by atoms with Crippen molar-refractivity contribution in [2.45, 2.75) is 6.61 Å². The Labute approximate surface area is 180 Å². The molecule has 0 bridgehead atoms. The zero-order valence-corrected chi connectivity index (χ0v) is 17.3. The van der Waals surface area contributed by atoms with E-state index in [4.69, 9.17) is 25.8 Å². The van der Waals surface area contributed by atoms with Crippen LogP contribution in [-0.2, 0) is 6.61 Å². The molecule has 7 heteroatoms. The number of carbonyl (C=O) groups excluding carboxylic acids is 1. The van der Waals surface area contributed by atoms with Crippen LogP contribution in [0.4, 0.5) is 0 Å². The van der Waals surface area contributed by atoms with Crippen LogP contribution in [-0.4, -0.2) is 26.3 Å². The van der Waals surface area contributed by atoms with Crippen LogP contribution in [0.25, 0.3) is 0 Å². The van der Waals surface area contributed by atoms with E-state index in [0.717, 1.165) is 16.9 Å². The van der Waals surface area contributed by atoms with Crippen LogP contribution in [0.1, 0.15) is 21.5 Å². The number of halogens is 1. The van der Waals surface area contributed by atoms with E-state index in [0.29, 0.717) is 28.7 Å². The summed E-state index contributed by atoms with van der Waals surface area (Å²) in [6.07, 6.45) is 1.55. The van der Waals surface area contributed by atoms with E-state index < -0.39 is 0 Å². The molecule has 0 radical (unpaired) electrons. The van der Waals surface area contributed by atoms with E-state index >= 15 is 0 Å². The summed E-state index contributed by atoms with van der Waals surface area (Å²) >= 11 is 5.88. The molecule has 0 aliphatic heterocycles. The van der Waals surface area contributed by atoms with Gasteiger partial charge < -0.3 is 14.2 Å². The lowest BCUT2D eigenvalue weighted by Crippen LogP contribution is -2.18. The molecule has 0 heterocycles. The molecule has 1 amide bonds. The molecule has 3 aromatic rings. The molecule has 0 atom stereocenters. The maximum absolute atomic E-state index is 12.3. The van der Waals surface area contributed by atoms with E-state index in [1.54, 1.807) is 31.5 Å². The first-order valence-electron chi connectivity index (χ1n) is 9.12. The van der Waals surface area contributed by atoms with Gasteiger partial charge in [-0.05, 0) is 59.7 Å². The van der Waals surface area contributed by atoms with Crippen molar-refractivity contribution in [1.29, 1.82) is 0 Å². The van der Waals surface area contributed by atoms with Gasteiger partial charge in [0.25, 0.3) is 5.91 Å². The monoisotopic (exact) mass is 424 g/mol. The number of rotatable bonds is 8. The minimum absolute atomic E-state index is 0.362. The first-order chi connectivity index (χ1) is 14.6. The van der Waals surface area contributed by atoms with Crippen molar-refractivity contribution in [1.82, 2.24) is 5.43 Å². The third-order valence-electron chi connectivity index (χ3n) is 4.23. The van der Waals surface area contributed by atoms with Gasteiger partial charge in [-0.3, -0.25) is 4.79 Å². The van der Waals surface area contributed by atoms with Crippen molar-refractivity contribution >= 4 is 23.7 Å². The van der Waals surface area contributed by atoms with Gasteiger partial charge in [-0.2, -0.15) is 5.10 Å². The topological polar surface area (TPSA) is 69.2 Å². The van der Waals surface area contributed by atoms with Gasteiger partial charge in [0.05, 0.1) is 26.0 Å². The summed E-state index contributed by atoms with van der Waals surface area (Å²) in [5.74, 6) is 1.36. The third-order valence-corrected chi connectivity index (χ3v) is 4.48. The Balaban J connectivity index is 1.55. The molecule has 6 nitrogen and oxygen atoms in total. The first kappa shape index (κ1) is 21.2. The molecule has 0 unspecified atom stereocenters. The number of ether oxygens (including phenoxy) is 3. The molecule has 30 heavy (non-hydrogen) atoms. The van der Waals surface area contributed by atoms with Gasteiger partial charge in [-0.25, -0.2) is 5.43 Å². The highest BCUT2D eigenvalue weighted by molar-refractivity contribution is 6.30. The fourth-order valence-corrected chi connectivity index (χ4v) is 2.74. The zero-order valence-electron chi connectivity index (χ0n) is 16.6. The van der Waals surface area contributed by atoms with Crippen LogP contribution in [0.3, 0.4) is 0 Å². The van der Waals surface area contributed by atoms with Gasteiger partial charge in [0.2, 0.25) is 0 Å². The lowest BCUT2D eigenvalue weighted by molar-refractivity contribution is 0.0952. The number of carbonyl (C=O) groups is 1. The molecule has 0 spiro atoms. The Bertz CT molecular complexity index is 1020. The van der Waals surface area contributed by atoms with E-state index in [9.17, 15) is 4.79 Å². The Morgan fingerprint density at radius 1 is 0.967 bits per heavy atom. The minimum Gasteiger partial charge on any atom is -0.497 e. The van der Waals surface area contributed by atoms with Crippen molar-refractivity contribution < 1.29 is 19.0 Å². The second-order valence-electron chi connectivity index (χ2n) is 6.25. The molecule has 3 aromatic carbocycles. The van der Waals surface area contributed by atoms with Gasteiger partial charge in [0.1, 0.15) is 23.9 Å². The number of hydrazone groups is 1. The second-order valence-corrected chi connectivity index (χ2v) is 6.69. The van der Waals surface area contributed by atoms with Crippen molar-refractivity contribution in [3.8, 4) is 17.2 Å². The number of amides is 1. The number of methoxy groups -OCH3 is 2. The normalized spacial score (nSPS) is 10.6. The van der Waals surface area contributed by atoms with Gasteiger partial charge in [0.15, 0.2) is 0 Å². The molecular formula is C23H21ClN2O4. The first-order valence-corrected chi connectivity index (χ1v) is 9.49. The molecule has 154 valence electrons. The number of benzene rings is 3. The predicted molar refractivity (Wildman–Crippen MR) is 117 cm³/mol. The summed E-state index contributed by atoms with van der Waals surface area (Å²) < 4.78 is 16.1.